The van der Waals surface area contributed by atoms with Crippen LogP contribution in [0.15, 0.2) is 59.5 Å². The molecular weight excluding hydrogens is 535 g/mol. The normalized spacial score (nSPS) is 26.5. The number of aryl methyl sites for hydroxylation is 1. The molecule has 10 heteroatoms. The number of carbonyl (C=O) groups excluding carboxylic acids is 1. The number of fused-ring (bicyclic) bond motifs is 1. The van der Waals surface area contributed by atoms with Gasteiger partial charge in [-0.2, -0.15) is 4.31 Å². The smallest absolute Gasteiger partial charge is 0.326 e. The predicted octanol–water partition coefficient (Wildman–Crippen LogP) is 4.22. The fraction of sp³-hybridized carbons (Fsp3) is 0.536. The summed E-state index contributed by atoms with van der Waals surface area (Å²) >= 11 is 0. The van der Waals surface area contributed by atoms with Crippen LogP contribution in [0.4, 0.5) is 0 Å². The number of ether oxygens (including phenoxy) is 2. The molecule has 208 valence electrons. The standard InChI is InChI=1S/C28H41NO6SSi2/c1-20-15-17-21(18-16-20)36(31,32)29-19-28(37(6,7)22-13-11-10-12-14-22)25(34-28)24(23(29)26(30)33-5)35-38(8,9)27(2,3)4/h10-18,23-25H,19H2,1-9H3/t23-,24-,25+,28+/m1/s1. The van der Waals surface area contributed by atoms with Crippen LogP contribution >= 0.6 is 0 Å². The Morgan fingerprint density at radius 3 is 2.13 bits per heavy atom. The Morgan fingerprint density at radius 2 is 1.61 bits per heavy atom. The average Bonchev–Trinajstić information content (AvgIpc) is 3.60. The van der Waals surface area contributed by atoms with E-state index >= 15 is 0 Å². The van der Waals surface area contributed by atoms with E-state index in [4.69, 9.17) is 13.9 Å². The predicted molar refractivity (Wildman–Crippen MR) is 154 cm³/mol. The monoisotopic (exact) mass is 575 g/mol. The fourth-order valence-corrected chi connectivity index (χ4v) is 11.6. The summed E-state index contributed by atoms with van der Waals surface area (Å²) in [6, 6.07) is 15.7. The Morgan fingerprint density at radius 1 is 1.03 bits per heavy atom. The van der Waals surface area contributed by atoms with Crippen LogP contribution in [0.2, 0.25) is 31.2 Å². The second-order valence-corrected chi connectivity index (χ2v) is 23.9. The number of rotatable bonds is 7. The first-order valence-electron chi connectivity index (χ1n) is 13.1. The molecule has 0 unspecified atom stereocenters. The van der Waals surface area contributed by atoms with Crippen LogP contribution in [0, 0.1) is 6.92 Å². The van der Waals surface area contributed by atoms with Crippen molar-refractivity contribution in [3.05, 3.63) is 60.2 Å². The lowest BCUT2D eigenvalue weighted by atomic mass is 10.0. The number of benzene rings is 2. The summed E-state index contributed by atoms with van der Waals surface area (Å²) in [5.74, 6) is -0.632. The Labute approximate surface area is 229 Å². The number of piperidine rings is 1. The molecular formula is C28H41NO6SSi2. The number of methoxy groups -OCH3 is 1. The van der Waals surface area contributed by atoms with Gasteiger partial charge in [-0.3, -0.25) is 4.79 Å². The van der Waals surface area contributed by atoms with Crippen LogP contribution in [0.3, 0.4) is 0 Å². The lowest BCUT2D eigenvalue weighted by molar-refractivity contribution is -0.149. The summed E-state index contributed by atoms with van der Waals surface area (Å²) in [6.45, 7) is 17.0. The van der Waals surface area contributed by atoms with Crippen molar-refractivity contribution in [2.45, 2.75) is 87.3 Å². The third kappa shape index (κ3) is 4.73. The van der Waals surface area contributed by atoms with Gasteiger partial charge in [-0.25, -0.2) is 8.42 Å². The number of sulfonamides is 1. The molecule has 0 N–H and O–H groups in total. The molecule has 2 aliphatic rings. The van der Waals surface area contributed by atoms with E-state index in [2.05, 4.69) is 59.1 Å². The zero-order valence-electron chi connectivity index (χ0n) is 23.9. The first kappa shape index (κ1) is 29.2. The van der Waals surface area contributed by atoms with Crippen molar-refractivity contribution in [3.63, 3.8) is 0 Å². The Bertz CT molecular complexity index is 1290. The van der Waals surface area contributed by atoms with Gasteiger partial charge in [0.25, 0.3) is 0 Å². The van der Waals surface area contributed by atoms with Gasteiger partial charge in [-0.15, -0.1) is 0 Å². The first-order valence-corrected chi connectivity index (χ1v) is 20.4. The van der Waals surface area contributed by atoms with Gasteiger partial charge in [-0.05, 0) is 37.2 Å². The highest BCUT2D eigenvalue weighted by Gasteiger charge is 2.76. The third-order valence-electron chi connectivity index (χ3n) is 8.91. The minimum Gasteiger partial charge on any atom is -0.468 e. The van der Waals surface area contributed by atoms with Gasteiger partial charge in [0, 0.05) is 6.54 Å². The molecule has 0 aliphatic carbocycles. The van der Waals surface area contributed by atoms with Crippen molar-refractivity contribution in [1.82, 2.24) is 4.31 Å². The molecule has 2 saturated heterocycles. The summed E-state index contributed by atoms with van der Waals surface area (Å²) in [5, 5.41) is 0.261. The van der Waals surface area contributed by atoms with E-state index in [-0.39, 0.29) is 16.5 Å². The third-order valence-corrected chi connectivity index (χ3v) is 19.7. The van der Waals surface area contributed by atoms with Crippen molar-refractivity contribution in [2.24, 2.45) is 0 Å². The van der Waals surface area contributed by atoms with Crippen molar-refractivity contribution in [1.29, 1.82) is 0 Å². The molecule has 4 rings (SSSR count). The Hall–Kier alpha value is -1.83. The first-order chi connectivity index (χ1) is 17.5. The largest absolute Gasteiger partial charge is 0.468 e. The molecule has 7 nitrogen and oxygen atoms in total. The summed E-state index contributed by atoms with van der Waals surface area (Å²) in [5.41, 5.74) is 0.950. The van der Waals surface area contributed by atoms with Gasteiger partial charge >= 0.3 is 5.97 Å². The maximum atomic E-state index is 14.2. The van der Waals surface area contributed by atoms with E-state index in [0.717, 1.165) is 10.8 Å². The average molecular weight is 576 g/mol. The van der Waals surface area contributed by atoms with Gasteiger partial charge in [-0.1, -0.05) is 87.1 Å². The zero-order valence-corrected chi connectivity index (χ0v) is 26.8. The summed E-state index contributed by atoms with van der Waals surface area (Å²) in [7, 11) is -7.68. The maximum Gasteiger partial charge on any atom is 0.326 e. The van der Waals surface area contributed by atoms with Crippen molar-refractivity contribution >= 4 is 37.6 Å². The minimum atomic E-state index is -4.08. The van der Waals surface area contributed by atoms with Gasteiger partial charge in [0.15, 0.2) is 14.4 Å². The van der Waals surface area contributed by atoms with Crippen molar-refractivity contribution < 1.29 is 27.1 Å². The second kappa shape index (κ2) is 9.67. The van der Waals surface area contributed by atoms with Gasteiger partial charge in [0.05, 0.1) is 12.0 Å². The molecule has 0 amide bonds. The van der Waals surface area contributed by atoms with Crippen molar-refractivity contribution in [2.75, 3.05) is 13.7 Å². The number of hydrogen-bond donors (Lipinski definition) is 0. The summed E-state index contributed by atoms with van der Waals surface area (Å²) in [6.07, 6.45) is -1.19. The summed E-state index contributed by atoms with van der Waals surface area (Å²) in [4.78, 5) is 13.5. The van der Waals surface area contributed by atoms with Gasteiger partial charge in [0.1, 0.15) is 25.5 Å². The highest BCUT2D eigenvalue weighted by molar-refractivity contribution is 7.89. The van der Waals surface area contributed by atoms with Gasteiger partial charge in [0.2, 0.25) is 10.0 Å². The number of epoxide rings is 1. The van der Waals surface area contributed by atoms with Gasteiger partial charge < -0.3 is 13.9 Å². The van der Waals surface area contributed by atoms with Crippen LogP contribution < -0.4 is 5.19 Å². The molecule has 2 fully saturated rings. The number of carbonyl (C=O) groups is 1. The molecule has 0 saturated carbocycles. The lowest BCUT2D eigenvalue weighted by Crippen LogP contribution is -2.70. The maximum absolute atomic E-state index is 14.2. The molecule has 2 heterocycles. The topological polar surface area (TPSA) is 85.4 Å². The lowest BCUT2D eigenvalue weighted by Gasteiger charge is -2.47. The minimum absolute atomic E-state index is 0.0686. The van der Waals surface area contributed by atoms with E-state index < -0.39 is 55.9 Å². The second-order valence-electron chi connectivity index (χ2n) is 12.6. The molecule has 2 aromatic rings. The number of esters is 1. The molecule has 0 spiro atoms. The van der Waals surface area contributed by atoms with Crippen LogP contribution in [0.25, 0.3) is 0 Å². The molecule has 0 aromatic heterocycles. The molecule has 0 radical (unpaired) electrons. The van der Waals surface area contributed by atoms with E-state index in [1.54, 1.807) is 24.3 Å². The fourth-order valence-electron chi connectivity index (χ4n) is 5.21. The molecule has 0 bridgehead atoms. The highest BCUT2D eigenvalue weighted by atomic mass is 32.2. The molecule has 38 heavy (non-hydrogen) atoms. The SMILES string of the molecule is COC(=O)[C@H]1[C@@H](O[Si](C)(C)C(C)(C)C)[C@@H]2O[C@]2([Si](C)(C)c2ccccc2)CN1S(=O)(=O)c1ccc(C)cc1. The van der Waals surface area contributed by atoms with E-state index in [1.807, 2.05) is 25.1 Å². The van der Waals surface area contributed by atoms with Crippen LogP contribution in [0.1, 0.15) is 26.3 Å². The highest BCUT2D eigenvalue weighted by Crippen LogP contribution is 2.54. The Balaban J connectivity index is 1.90. The molecule has 2 aromatic carbocycles. The molecule has 2 aliphatic heterocycles. The van der Waals surface area contributed by atoms with Crippen LogP contribution in [-0.4, -0.2) is 72.2 Å². The van der Waals surface area contributed by atoms with E-state index in [9.17, 15) is 13.2 Å². The summed E-state index contributed by atoms with van der Waals surface area (Å²) < 4.78 is 48.5. The van der Waals surface area contributed by atoms with Crippen molar-refractivity contribution in [3.8, 4) is 0 Å². The molecule has 4 atom stereocenters. The quantitative estimate of drug-likeness (QED) is 0.279. The van der Waals surface area contributed by atoms with E-state index in [0.29, 0.717) is 0 Å². The Kier molecular flexibility index (Phi) is 7.42. The number of hydrogen-bond acceptors (Lipinski definition) is 6. The number of nitrogens with zero attached hydrogens (tertiary/aromatic N) is 1. The van der Waals surface area contributed by atoms with Crippen LogP contribution in [0.5, 0.6) is 0 Å². The van der Waals surface area contributed by atoms with E-state index in [1.165, 1.54) is 11.4 Å². The van der Waals surface area contributed by atoms with Crippen LogP contribution in [-0.2, 0) is 28.7 Å². The zero-order chi connectivity index (χ0) is 28.3.